The Morgan fingerprint density at radius 1 is 0.267 bits per heavy atom. The topological polar surface area (TPSA) is 237 Å². The molecule has 0 fully saturated rings. The fourth-order valence-corrected chi connectivity index (χ4v) is 14.3. The predicted molar refractivity (Wildman–Crippen MR) is 414 cm³/mol. The number of ether oxygens (including phenoxy) is 4. The monoisotopic (exact) mass is 1480 g/mol. The van der Waals surface area contributed by atoms with Crippen LogP contribution < -0.4 is 0 Å². The molecule has 17 nitrogen and oxygen atoms in total. The van der Waals surface area contributed by atoms with Crippen molar-refractivity contribution in [2.45, 2.75) is 457 Å². The van der Waals surface area contributed by atoms with Crippen molar-refractivity contribution in [2.75, 3.05) is 39.6 Å². The van der Waals surface area contributed by atoms with Gasteiger partial charge in [0.2, 0.25) is 0 Å². The number of carbonyl (C=O) groups excluding carboxylic acids is 4. The lowest BCUT2D eigenvalue weighted by molar-refractivity contribution is -0.161. The average molecular weight is 1480 g/mol. The lowest BCUT2D eigenvalue weighted by Crippen LogP contribution is -2.30. The summed E-state index contributed by atoms with van der Waals surface area (Å²) in [5.41, 5.74) is 0. The zero-order valence-electron chi connectivity index (χ0n) is 66.1. The van der Waals surface area contributed by atoms with Gasteiger partial charge in [0.25, 0.3) is 0 Å². The number of aliphatic hydroxyl groups excluding tert-OH is 1. The Kier molecular flexibility index (Phi) is 73.5. The largest absolute Gasteiger partial charge is 0.472 e. The Hall–Kier alpha value is -1.94. The number of phosphoric acid groups is 2. The molecule has 0 aromatic carbocycles. The molecule has 0 aromatic rings. The van der Waals surface area contributed by atoms with Gasteiger partial charge in [-0.25, -0.2) is 9.13 Å². The molecule has 101 heavy (non-hydrogen) atoms. The summed E-state index contributed by atoms with van der Waals surface area (Å²) < 4.78 is 68.7. The van der Waals surface area contributed by atoms with E-state index in [1.807, 2.05) is 0 Å². The second-order valence-electron chi connectivity index (χ2n) is 30.0. The molecule has 5 atom stereocenters. The second-order valence-corrected chi connectivity index (χ2v) is 32.9. The highest BCUT2D eigenvalue weighted by Crippen LogP contribution is 2.45. The molecule has 0 saturated carbocycles. The summed E-state index contributed by atoms with van der Waals surface area (Å²) in [5, 5.41) is 10.6. The van der Waals surface area contributed by atoms with E-state index in [9.17, 15) is 43.2 Å². The van der Waals surface area contributed by atoms with Crippen LogP contribution in [0.4, 0.5) is 0 Å². The molecule has 19 heteroatoms. The number of phosphoric ester groups is 2. The van der Waals surface area contributed by atoms with Gasteiger partial charge >= 0.3 is 39.5 Å². The average Bonchev–Trinajstić information content (AvgIpc) is 0.920. The number of rotatable bonds is 82. The highest BCUT2D eigenvalue weighted by Gasteiger charge is 2.30. The Balaban J connectivity index is 5.17. The molecule has 0 rings (SSSR count). The van der Waals surface area contributed by atoms with Crippen molar-refractivity contribution in [3.05, 3.63) is 0 Å². The quantitative estimate of drug-likeness (QED) is 0.0222. The summed E-state index contributed by atoms with van der Waals surface area (Å²) in [5.74, 6) is -1.31. The minimum Gasteiger partial charge on any atom is -0.462 e. The van der Waals surface area contributed by atoms with Gasteiger partial charge in [-0.3, -0.25) is 37.3 Å². The third-order valence-corrected chi connectivity index (χ3v) is 21.2. The molecule has 0 heterocycles. The van der Waals surface area contributed by atoms with E-state index in [1.54, 1.807) is 0 Å². The standard InChI is InChI=1S/C82H160O17P2/c1-6-9-12-15-18-20-22-24-26-28-30-32-34-39-43-47-52-57-62-68-82(87)99-78(72-93-80(85)66-61-56-51-46-42-38-33-31-29-27-25-23-21-19-16-13-10-7-2)74-97-101(90,91)95-70-76(83)69-94-100(88,89)96-73-77(71-92-79(84)65-60-55-49-17-14-11-8-3)98-81(86)67-63-58-53-48-44-40-36-35-37-41-45-50-54-59-64-75(4)5/h75-78,83H,6-74H2,1-5H3,(H,88,89)(H,90,91)/t76-,77+,78+/m0/s1. The van der Waals surface area contributed by atoms with E-state index in [2.05, 4.69) is 34.6 Å². The van der Waals surface area contributed by atoms with Crippen molar-refractivity contribution < 1.29 is 80.2 Å². The zero-order chi connectivity index (χ0) is 74.1. The number of esters is 4. The predicted octanol–water partition coefficient (Wildman–Crippen LogP) is 24.8. The van der Waals surface area contributed by atoms with E-state index < -0.39 is 97.5 Å². The van der Waals surface area contributed by atoms with Crippen molar-refractivity contribution in [3.8, 4) is 0 Å². The molecule has 3 N–H and O–H groups in total. The molecule has 0 aromatic heterocycles. The summed E-state index contributed by atoms with van der Waals surface area (Å²) in [4.78, 5) is 72.9. The smallest absolute Gasteiger partial charge is 0.462 e. The molecule has 0 amide bonds. The van der Waals surface area contributed by atoms with Crippen LogP contribution in [0.3, 0.4) is 0 Å². The van der Waals surface area contributed by atoms with E-state index in [1.165, 1.54) is 250 Å². The number of unbranched alkanes of at least 4 members (excludes halogenated alkanes) is 54. The van der Waals surface area contributed by atoms with Crippen molar-refractivity contribution >= 4 is 39.5 Å². The van der Waals surface area contributed by atoms with Gasteiger partial charge in [-0.2, -0.15) is 0 Å². The third kappa shape index (κ3) is 76.1. The highest BCUT2D eigenvalue weighted by molar-refractivity contribution is 7.47. The van der Waals surface area contributed by atoms with E-state index in [4.69, 9.17) is 37.0 Å². The van der Waals surface area contributed by atoms with E-state index in [0.717, 1.165) is 109 Å². The number of aliphatic hydroxyl groups is 1. The maximum Gasteiger partial charge on any atom is 0.472 e. The summed E-state index contributed by atoms with van der Waals surface area (Å²) in [6.07, 6.45) is 66.8. The van der Waals surface area contributed by atoms with Crippen LogP contribution in [0.15, 0.2) is 0 Å². The summed E-state index contributed by atoms with van der Waals surface area (Å²) in [6, 6.07) is 0. The Morgan fingerprint density at radius 2 is 0.455 bits per heavy atom. The summed E-state index contributed by atoms with van der Waals surface area (Å²) in [7, 11) is -9.91. The van der Waals surface area contributed by atoms with Crippen LogP contribution >= 0.6 is 15.6 Å². The first kappa shape index (κ1) is 99.1. The third-order valence-electron chi connectivity index (χ3n) is 19.3. The van der Waals surface area contributed by atoms with Crippen LogP contribution in [-0.4, -0.2) is 96.7 Å². The number of hydrogen-bond donors (Lipinski definition) is 3. The first-order chi connectivity index (χ1) is 49.0. The van der Waals surface area contributed by atoms with E-state index in [-0.39, 0.29) is 25.7 Å². The minimum absolute atomic E-state index is 0.108. The molecule has 0 bridgehead atoms. The molecule has 2 unspecified atom stereocenters. The van der Waals surface area contributed by atoms with Gasteiger partial charge in [-0.05, 0) is 31.6 Å². The number of hydrogen-bond acceptors (Lipinski definition) is 15. The van der Waals surface area contributed by atoms with Crippen molar-refractivity contribution in [1.82, 2.24) is 0 Å². The fourth-order valence-electron chi connectivity index (χ4n) is 12.8. The van der Waals surface area contributed by atoms with Crippen LogP contribution in [-0.2, 0) is 65.4 Å². The molecular weight excluding hydrogens is 1320 g/mol. The number of carbonyl (C=O) groups is 4. The van der Waals surface area contributed by atoms with Gasteiger partial charge in [0.1, 0.15) is 19.3 Å². The van der Waals surface area contributed by atoms with Crippen LogP contribution in [0.25, 0.3) is 0 Å². The van der Waals surface area contributed by atoms with Gasteiger partial charge in [-0.15, -0.1) is 0 Å². The maximum absolute atomic E-state index is 13.1. The van der Waals surface area contributed by atoms with Crippen molar-refractivity contribution in [2.24, 2.45) is 5.92 Å². The van der Waals surface area contributed by atoms with Gasteiger partial charge < -0.3 is 33.8 Å². The molecular formula is C82H160O17P2. The maximum atomic E-state index is 13.1. The zero-order valence-corrected chi connectivity index (χ0v) is 67.8. The Bertz CT molecular complexity index is 1930. The first-order valence-electron chi connectivity index (χ1n) is 42.6. The molecule has 0 saturated heterocycles. The van der Waals surface area contributed by atoms with Crippen LogP contribution in [0.1, 0.15) is 439 Å². The lowest BCUT2D eigenvalue weighted by atomic mass is 10.0. The van der Waals surface area contributed by atoms with Gasteiger partial charge in [0, 0.05) is 25.7 Å². The van der Waals surface area contributed by atoms with Crippen LogP contribution in [0.5, 0.6) is 0 Å². The molecule has 0 spiro atoms. The Morgan fingerprint density at radius 3 is 0.673 bits per heavy atom. The molecule has 0 radical (unpaired) electrons. The van der Waals surface area contributed by atoms with Crippen molar-refractivity contribution in [1.29, 1.82) is 0 Å². The molecule has 0 aliphatic carbocycles. The molecule has 600 valence electrons. The first-order valence-corrected chi connectivity index (χ1v) is 45.6. The molecule has 0 aliphatic rings. The van der Waals surface area contributed by atoms with Crippen molar-refractivity contribution in [3.63, 3.8) is 0 Å². The lowest BCUT2D eigenvalue weighted by Gasteiger charge is -2.21. The molecule has 0 aliphatic heterocycles. The summed E-state index contributed by atoms with van der Waals surface area (Å²) >= 11 is 0. The minimum atomic E-state index is -4.96. The van der Waals surface area contributed by atoms with Gasteiger partial charge in [0.05, 0.1) is 26.4 Å². The van der Waals surface area contributed by atoms with E-state index >= 15 is 0 Å². The highest BCUT2D eigenvalue weighted by atomic mass is 31.2. The van der Waals surface area contributed by atoms with E-state index in [0.29, 0.717) is 25.7 Å². The van der Waals surface area contributed by atoms with Crippen LogP contribution in [0.2, 0.25) is 0 Å². The SMILES string of the molecule is CCCCCCCCCCCCCCCCCCCCCC(=O)O[C@H](COC(=O)CCCCCCCCCCCCCCCCCCCC)COP(=O)(O)OC[C@@H](O)COP(=O)(O)OC[C@@H](COC(=O)CCCCCCCCC)OC(=O)CCCCCCCCCCCCCCCCC(C)C. The van der Waals surface area contributed by atoms with Gasteiger partial charge in [-0.1, -0.05) is 388 Å². The van der Waals surface area contributed by atoms with Crippen LogP contribution in [0, 0.1) is 5.92 Å². The second kappa shape index (κ2) is 74.9. The summed E-state index contributed by atoms with van der Waals surface area (Å²) in [6.45, 7) is 7.32. The Labute approximate surface area is 619 Å². The van der Waals surface area contributed by atoms with Gasteiger partial charge in [0.15, 0.2) is 12.2 Å². The normalized spacial score (nSPS) is 13.8. The fraction of sp³-hybridized carbons (Fsp3) is 0.951.